The molecule has 0 spiro atoms. The molecule has 0 aromatic heterocycles. The van der Waals surface area contributed by atoms with Gasteiger partial charge in [-0.25, -0.2) is 0 Å². The summed E-state index contributed by atoms with van der Waals surface area (Å²) < 4.78 is 0. The Hall–Kier alpha value is -0.160. The Labute approximate surface area is 117 Å². The molecule has 2 atom stereocenters. The van der Waals surface area contributed by atoms with Crippen LogP contribution in [0.3, 0.4) is 0 Å². The highest BCUT2D eigenvalue weighted by molar-refractivity contribution is 5.09. The number of fused-ring (bicyclic) bond motifs is 1. The van der Waals surface area contributed by atoms with E-state index in [4.69, 9.17) is 5.73 Å². The lowest BCUT2D eigenvalue weighted by molar-refractivity contribution is 0.0818. The number of rotatable bonds is 5. The van der Waals surface area contributed by atoms with Crippen LogP contribution >= 0.6 is 0 Å². The van der Waals surface area contributed by atoms with Gasteiger partial charge in [-0.3, -0.25) is 9.80 Å². The molecule has 0 saturated carbocycles. The topological polar surface area (TPSA) is 35.7 Å². The zero-order valence-corrected chi connectivity index (χ0v) is 12.5. The van der Waals surface area contributed by atoms with Gasteiger partial charge in [-0.05, 0) is 58.8 Å². The monoisotopic (exact) mass is 266 g/mol. The van der Waals surface area contributed by atoms with E-state index in [1.54, 1.807) is 0 Å². The smallest absolute Gasteiger partial charge is 0.0496 e. The minimum Gasteiger partial charge on any atom is -0.329 e. The van der Waals surface area contributed by atoms with Crippen LogP contribution in [0.15, 0.2) is 0 Å². The summed E-state index contributed by atoms with van der Waals surface area (Å²) in [5.74, 6) is 0. The van der Waals surface area contributed by atoms with Crippen molar-refractivity contribution in [3.63, 3.8) is 0 Å². The van der Waals surface area contributed by atoms with Crippen LogP contribution in [0.4, 0.5) is 0 Å². The minimum atomic E-state index is 0.260. The minimum absolute atomic E-state index is 0.260. The Morgan fingerprint density at radius 1 is 1.16 bits per heavy atom. The van der Waals surface area contributed by atoms with Gasteiger partial charge in [0.05, 0.1) is 0 Å². The summed E-state index contributed by atoms with van der Waals surface area (Å²) in [5.41, 5.74) is 6.49. The number of likely N-dealkylation sites (N-methyl/N-ethyl adjacent to an activating group) is 1. The van der Waals surface area contributed by atoms with Crippen LogP contribution in [0.5, 0.6) is 0 Å². The molecule has 3 aliphatic rings. The summed E-state index contributed by atoms with van der Waals surface area (Å²) in [4.78, 5) is 7.89. The van der Waals surface area contributed by atoms with Gasteiger partial charge in [0, 0.05) is 37.8 Å². The van der Waals surface area contributed by atoms with Crippen molar-refractivity contribution in [2.75, 3.05) is 52.9 Å². The van der Waals surface area contributed by atoms with Gasteiger partial charge in [0.25, 0.3) is 0 Å². The van der Waals surface area contributed by atoms with Crippen LogP contribution in [0.25, 0.3) is 0 Å². The van der Waals surface area contributed by atoms with Gasteiger partial charge in [-0.1, -0.05) is 0 Å². The fourth-order valence-electron chi connectivity index (χ4n) is 4.57. The Kier molecular flexibility index (Phi) is 4.13. The van der Waals surface area contributed by atoms with E-state index in [1.165, 1.54) is 71.4 Å². The Morgan fingerprint density at radius 2 is 1.95 bits per heavy atom. The molecule has 3 saturated heterocycles. The lowest BCUT2D eigenvalue weighted by atomic mass is 9.87. The molecule has 0 bridgehead atoms. The van der Waals surface area contributed by atoms with Crippen LogP contribution in [-0.4, -0.2) is 79.1 Å². The molecular weight excluding hydrogens is 236 g/mol. The number of hydrogen-bond donors (Lipinski definition) is 1. The van der Waals surface area contributed by atoms with Crippen LogP contribution in [0.1, 0.15) is 32.1 Å². The number of likely N-dealkylation sites (tertiary alicyclic amines) is 1. The third-order valence-electron chi connectivity index (χ3n) is 5.88. The van der Waals surface area contributed by atoms with Crippen molar-refractivity contribution in [2.45, 2.75) is 43.7 Å². The molecule has 2 unspecified atom stereocenters. The van der Waals surface area contributed by atoms with Gasteiger partial charge in [-0.15, -0.1) is 0 Å². The van der Waals surface area contributed by atoms with Crippen LogP contribution in [-0.2, 0) is 0 Å². The molecular formula is C15H30N4. The Balaban J connectivity index is 1.60. The third kappa shape index (κ3) is 2.44. The maximum atomic E-state index is 6.23. The lowest BCUT2D eigenvalue weighted by Crippen LogP contribution is -2.59. The summed E-state index contributed by atoms with van der Waals surface area (Å²) in [6, 6.07) is 0.723. The first kappa shape index (κ1) is 13.8. The zero-order valence-electron chi connectivity index (χ0n) is 12.5. The lowest BCUT2D eigenvalue weighted by Gasteiger charge is -2.43. The summed E-state index contributed by atoms with van der Waals surface area (Å²) in [7, 11) is 2.31. The van der Waals surface area contributed by atoms with E-state index < -0.39 is 0 Å². The number of nitrogens with two attached hydrogens (primary N) is 1. The molecule has 0 aromatic rings. The van der Waals surface area contributed by atoms with Crippen LogP contribution in [0.2, 0.25) is 0 Å². The van der Waals surface area contributed by atoms with Gasteiger partial charge in [-0.2, -0.15) is 0 Å². The van der Waals surface area contributed by atoms with E-state index in [1.807, 2.05) is 0 Å². The van der Waals surface area contributed by atoms with Gasteiger partial charge in [0.2, 0.25) is 0 Å². The fourth-order valence-corrected chi connectivity index (χ4v) is 4.57. The van der Waals surface area contributed by atoms with Crippen molar-refractivity contribution in [1.82, 2.24) is 14.7 Å². The summed E-state index contributed by atoms with van der Waals surface area (Å²) >= 11 is 0. The molecule has 4 heteroatoms. The maximum Gasteiger partial charge on any atom is 0.0496 e. The van der Waals surface area contributed by atoms with E-state index >= 15 is 0 Å². The number of nitrogens with zero attached hydrogens (tertiary/aromatic N) is 3. The van der Waals surface area contributed by atoms with Gasteiger partial charge in [0.15, 0.2) is 0 Å². The van der Waals surface area contributed by atoms with Crippen molar-refractivity contribution in [3.8, 4) is 0 Å². The molecule has 3 rings (SSSR count). The van der Waals surface area contributed by atoms with E-state index in [2.05, 4.69) is 21.7 Å². The molecule has 3 aliphatic heterocycles. The molecule has 4 nitrogen and oxygen atoms in total. The van der Waals surface area contributed by atoms with E-state index in [-0.39, 0.29) is 5.54 Å². The highest BCUT2D eigenvalue weighted by Crippen LogP contribution is 2.38. The zero-order chi connectivity index (χ0) is 13.3. The molecule has 0 amide bonds. The average Bonchev–Trinajstić information content (AvgIpc) is 3.13. The molecule has 3 fully saturated rings. The van der Waals surface area contributed by atoms with Crippen molar-refractivity contribution in [1.29, 1.82) is 0 Å². The average molecular weight is 266 g/mol. The standard InChI is InChI=1S/C15H30N4/c1-17(11-12-18-7-2-3-8-18)15(13-16)6-10-19-9-4-5-14(15)19/h14H,2-13,16H2,1H3. The second kappa shape index (κ2) is 5.68. The van der Waals surface area contributed by atoms with Crippen molar-refractivity contribution in [2.24, 2.45) is 5.73 Å². The Bertz CT molecular complexity index is 303. The maximum absolute atomic E-state index is 6.23. The molecule has 3 heterocycles. The largest absolute Gasteiger partial charge is 0.329 e. The predicted octanol–water partition coefficient (Wildman–Crippen LogP) is 0.580. The highest BCUT2D eigenvalue weighted by Gasteiger charge is 2.50. The van der Waals surface area contributed by atoms with E-state index in [0.29, 0.717) is 0 Å². The van der Waals surface area contributed by atoms with Crippen molar-refractivity contribution in [3.05, 3.63) is 0 Å². The third-order valence-corrected chi connectivity index (χ3v) is 5.88. The molecule has 0 radical (unpaired) electrons. The second-order valence-corrected chi connectivity index (χ2v) is 6.72. The quantitative estimate of drug-likeness (QED) is 0.790. The SMILES string of the molecule is CN(CCN1CCCC1)C1(CN)CCN2CCCC21. The predicted molar refractivity (Wildman–Crippen MR) is 79.3 cm³/mol. The molecule has 2 N–H and O–H groups in total. The van der Waals surface area contributed by atoms with Gasteiger partial charge < -0.3 is 10.6 Å². The summed E-state index contributed by atoms with van der Waals surface area (Å²) in [5, 5.41) is 0. The van der Waals surface area contributed by atoms with Crippen LogP contribution in [0, 0.1) is 0 Å². The van der Waals surface area contributed by atoms with Gasteiger partial charge >= 0.3 is 0 Å². The van der Waals surface area contributed by atoms with Crippen molar-refractivity contribution >= 4 is 0 Å². The molecule has 0 aromatic carbocycles. The summed E-state index contributed by atoms with van der Waals surface area (Å²) in [6.07, 6.45) is 6.77. The first-order valence-electron chi connectivity index (χ1n) is 8.14. The van der Waals surface area contributed by atoms with Crippen LogP contribution < -0.4 is 5.73 Å². The molecule has 19 heavy (non-hydrogen) atoms. The highest BCUT2D eigenvalue weighted by atomic mass is 15.3. The van der Waals surface area contributed by atoms with E-state index in [0.717, 1.165) is 12.6 Å². The van der Waals surface area contributed by atoms with E-state index in [9.17, 15) is 0 Å². The normalized spacial score (nSPS) is 36.5. The molecule has 0 aliphatic carbocycles. The fraction of sp³-hybridized carbons (Fsp3) is 1.00. The first-order chi connectivity index (χ1) is 9.26. The number of hydrogen-bond acceptors (Lipinski definition) is 4. The van der Waals surface area contributed by atoms with Crippen molar-refractivity contribution < 1.29 is 0 Å². The molecule has 110 valence electrons. The second-order valence-electron chi connectivity index (χ2n) is 6.72. The first-order valence-corrected chi connectivity index (χ1v) is 8.14. The Morgan fingerprint density at radius 3 is 2.68 bits per heavy atom. The van der Waals surface area contributed by atoms with Gasteiger partial charge in [0.1, 0.15) is 0 Å². The summed E-state index contributed by atoms with van der Waals surface area (Å²) in [6.45, 7) is 8.40.